The zero-order chi connectivity index (χ0) is 13.2. The van der Waals surface area contributed by atoms with Crippen LogP contribution < -0.4 is 5.32 Å². The molecule has 0 bridgehead atoms. The minimum Gasteiger partial charge on any atom is -0.349 e. The monoisotopic (exact) mass is 276 g/mol. The fraction of sp³-hybridized carbons (Fsp3) is 0.571. The third-order valence-electron chi connectivity index (χ3n) is 3.80. The standard InChI is InChI=1S/C14H20N4S/c1-10-7-8-13-16-14(17-18(13)9-10)15-11-5-3-4-6-12(11)19-2/h7-9,11-12H,3-6H2,1-2H3,(H,15,17). The number of thioether (sulfide) groups is 1. The second-order valence-electron chi connectivity index (χ2n) is 5.25. The average Bonchev–Trinajstić information content (AvgIpc) is 2.80. The number of nitrogens with zero attached hydrogens (tertiary/aromatic N) is 3. The van der Waals surface area contributed by atoms with Crippen molar-refractivity contribution >= 4 is 23.4 Å². The van der Waals surface area contributed by atoms with Crippen LogP contribution in [-0.4, -0.2) is 32.1 Å². The molecule has 102 valence electrons. The van der Waals surface area contributed by atoms with Crippen molar-refractivity contribution in [1.82, 2.24) is 14.6 Å². The molecule has 1 N–H and O–H groups in total. The first kappa shape index (κ1) is 12.8. The van der Waals surface area contributed by atoms with Gasteiger partial charge in [-0.3, -0.25) is 0 Å². The number of fused-ring (bicyclic) bond motifs is 1. The van der Waals surface area contributed by atoms with E-state index < -0.39 is 0 Å². The van der Waals surface area contributed by atoms with Crippen LogP contribution in [0.5, 0.6) is 0 Å². The van der Waals surface area contributed by atoms with Crippen LogP contribution in [0.2, 0.25) is 0 Å². The minimum absolute atomic E-state index is 0.502. The molecule has 0 aromatic carbocycles. The lowest BCUT2D eigenvalue weighted by Gasteiger charge is -2.30. The molecule has 2 aromatic rings. The van der Waals surface area contributed by atoms with Gasteiger partial charge in [0.25, 0.3) is 0 Å². The highest BCUT2D eigenvalue weighted by atomic mass is 32.2. The molecule has 2 unspecified atom stereocenters. The molecule has 4 nitrogen and oxygen atoms in total. The molecule has 0 saturated heterocycles. The first-order chi connectivity index (χ1) is 9.26. The molecule has 0 spiro atoms. The van der Waals surface area contributed by atoms with E-state index in [0.717, 1.165) is 11.6 Å². The Labute approximate surface area is 118 Å². The van der Waals surface area contributed by atoms with Gasteiger partial charge in [-0.25, -0.2) is 4.52 Å². The lowest BCUT2D eigenvalue weighted by molar-refractivity contribution is 0.473. The largest absolute Gasteiger partial charge is 0.349 e. The summed E-state index contributed by atoms with van der Waals surface area (Å²) < 4.78 is 1.86. The molecule has 2 aromatic heterocycles. The van der Waals surface area contributed by atoms with Crippen molar-refractivity contribution < 1.29 is 0 Å². The molecular formula is C14H20N4S. The molecule has 0 aliphatic heterocycles. The second-order valence-corrected chi connectivity index (χ2v) is 6.33. The molecule has 1 saturated carbocycles. The van der Waals surface area contributed by atoms with Crippen molar-refractivity contribution in [3.8, 4) is 0 Å². The summed E-state index contributed by atoms with van der Waals surface area (Å²) in [6.07, 6.45) is 9.39. The highest BCUT2D eigenvalue weighted by molar-refractivity contribution is 7.99. The molecule has 5 heteroatoms. The van der Waals surface area contributed by atoms with Gasteiger partial charge in [0, 0.05) is 17.5 Å². The lowest BCUT2D eigenvalue weighted by Crippen LogP contribution is -2.34. The number of aromatic nitrogens is 3. The number of anilines is 1. The summed E-state index contributed by atoms with van der Waals surface area (Å²) in [7, 11) is 0. The van der Waals surface area contributed by atoms with E-state index in [2.05, 4.69) is 34.6 Å². The Hall–Kier alpha value is -1.23. The summed E-state index contributed by atoms with van der Waals surface area (Å²) in [6.45, 7) is 2.07. The number of rotatable bonds is 3. The van der Waals surface area contributed by atoms with Gasteiger partial charge >= 0.3 is 0 Å². The third kappa shape index (κ3) is 2.71. The Morgan fingerprint density at radius 1 is 1.32 bits per heavy atom. The SMILES string of the molecule is CSC1CCCCC1Nc1nc2ccc(C)cn2n1. The maximum absolute atomic E-state index is 4.55. The van der Waals surface area contributed by atoms with E-state index in [9.17, 15) is 0 Å². The lowest BCUT2D eigenvalue weighted by atomic mass is 9.95. The van der Waals surface area contributed by atoms with Crippen molar-refractivity contribution in [2.24, 2.45) is 0 Å². The third-order valence-corrected chi connectivity index (χ3v) is 4.97. The zero-order valence-electron chi connectivity index (χ0n) is 11.5. The van der Waals surface area contributed by atoms with Gasteiger partial charge in [-0.15, -0.1) is 5.10 Å². The van der Waals surface area contributed by atoms with E-state index in [0.29, 0.717) is 11.3 Å². The van der Waals surface area contributed by atoms with Gasteiger partial charge in [0.1, 0.15) is 0 Å². The quantitative estimate of drug-likeness (QED) is 0.935. The van der Waals surface area contributed by atoms with Crippen LogP contribution in [-0.2, 0) is 0 Å². The fourth-order valence-corrected chi connectivity index (χ4v) is 3.69. The number of aryl methyl sites for hydroxylation is 1. The smallest absolute Gasteiger partial charge is 0.243 e. The Balaban J connectivity index is 1.80. The van der Waals surface area contributed by atoms with Gasteiger partial charge in [-0.2, -0.15) is 16.7 Å². The van der Waals surface area contributed by atoms with Gasteiger partial charge in [0.05, 0.1) is 0 Å². The number of nitrogens with one attached hydrogen (secondary N) is 1. The Bertz CT molecular complexity index is 566. The number of hydrogen-bond acceptors (Lipinski definition) is 4. The maximum Gasteiger partial charge on any atom is 0.243 e. The average molecular weight is 276 g/mol. The molecule has 1 fully saturated rings. The van der Waals surface area contributed by atoms with Gasteiger partial charge in [-0.1, -0.05) is 18.9 Å². The van der Waals surface area contributed by atoms with E-state index in [1.807, 2.05) is 28.5 Å². The van der Waals surface area contributed by atoms with Gasteiger partial charge in [0.2, 0.25) is 5.95 Å². The van der Waals surface area contributed by atoms with Gasteiger partial charge in [-0.05, 0) is 37.7 Å². The predicted molar refractivity (Wildman–Crippen MR) is 80.9 cm³/mol. The van der Waals surface area contributed by atoms with Gasteiger partial charge in [0.15, 0.2) is 5.65 Å². The highest BCUT2D eigenvalue weighted by Gasteiger charge is 2.25. The summed E-state index contributed by atoms with van der Waals surface area (Å²) in [5, 5.41) is 8.73. The van der Waals surface area contributed by atoms with Crippen LogP contribution in [0.4, 0.5) is 5.95 Å². The van der Waals surface area contributed by atoms with Crippen molar-refractivity contribution in [2.75, 3.05) is 11.6 Å². The minimum atomic E-state index is 0.502. The van der Waals surface area contributed by atoms with Crippen LogP contribution in [0.1, 0.15) is 31.2 Å². The van der Waals surface area contributed by atoms with Crippen LogP contribution >= 0.6 is 11.8 Å². The second kappa shape index (κ2) is 5.41. The summed E-state index contributed by atoms with van der Waals surface area (Å²) in [5.74, 6) is 0.761. The molecule has 1 aliphatic carbocycles. The first-order valence-electron chi connectivity index (χ1n) is 6.88. The summed E-state index contributed by atoms with van der Waals surface area (Å²) in [5.41, 5.74) is 2.10. The molecule has 2 atom stereocenters. The summed E-state index contributed by atoms with van der Waals surface area (Å²) in [4.78, 5) is 4.55. The van der Waals surface area contributed by atoms with E-state index in [4.69, 9.17) is 0 Å². The van der Waals surface area contributed by atoms with Crippen molar-refractivity contribution in [1.29, 1.82) is 0 Å². The number of hydrogen-bond donors (Lipinski definition) is 1. The Morgan fingerprint density at radius 3 is 3.00 bits per heavy atom. The van der Waals surface area contributed by atoms with E-state index in [1.54, 1.807) is 0 Å². The fourth-order valence-electron chi connectivity index (χ4n) is 2.76. The molecular weight excluding hydrogens is 256 g/mol. The summed E-state index contributed by atoms with van der Waals surface area (Å²) in [6, 6.07) is 4.58. The molecule has 1 aliphatic rings. The van der Waals surface area contributed by atoms with Crippen LogP contribution in [0.3, 0.4) is 0 Å². The van der Waals surface area contributed by atoms with E-state index in [1.165, 1.54) is 31.2 Å². The molecule has 0 amide bonds. The van der Waals surface area contributed by atoms with Crippen molar-refractivity contribution in [3.63, 3.8) is 0 Å². The first-order valence-corrected chi connectivity index (χ1v) is 8.17. The van der Waals surface area contributed by atoms with E-state index >= 15 is 0 Å². The number of pyridine rings is 1. The van der Waals surface area contributed by atoms with Crippen LogP contribution in [0.25, 0.3) is 5.65 Å². The predicted octanol–water partition coefficient (Wildman–Crippen LogP) is 3.12. The maximum atomic E-state index is 4.55. The Morgan fingerprint density at radius 2 is 2.16 bits per heavy atom. The molecule has 2 heterocycles. The normalized spacial score (nSPS) is 23.7. The van der Waals surface area contributed by atoms with Crippen molar-refractivity contribution in [2.45, 2.75) is 43.9 Å². The van der Waals surface area contributed by atoms with Crippen LogP contribution in [0.15, 0.2) is 18.3 Å². The van der Waals surface area contributed by atoms with Crippen LogP contribution in [0, 0.1) is 6.92 Å². The molecule has 3 rings (SSSR count). The van der Waals surface area contributed by atoms with Crippen molar-refractivity contribution in [3.05, 3.63) is 23.9 Å². The molecule has 0 radical (unpaired) electrons. The Kier molecular flexibility index (Phi) is 3.64. The highest BCUT2D eigenvalue weighted by Crippen LogP contribution is 2.28. The zero-order valence-corrected chi connectivity index (χ0v) is 12.3. The topological polar surface area (TPSA) is 42.2 Å². The molecule has 19 heavy (non-hydrogen) atoms. The van der Waals surface area contributed by atoms with E-state index in [-0.39, 0.29) is 0 Å². The summed E-state index contributed by atoms with van der Waals surface area (Å²) >= 11 is 1.96. The van der Waals surface area contributed by atoms with Gasteiger partial charge < -0.3 is 5.32 Å².